The quantitative estimate of drug-likeness (QED) is 0.699. The van der Waals surface area contributed by atoms with Gasteiger partial charge in [-0.05, 0) is 26.7 Å². The van der Waals surface area contributed by atoms with Crippen LogP contribution in [0.1, 0.15) is 39.5 Å². The Kier molecular flexibility index (Phi) is 5.53. The molecule has 0 aromatic carbocycles. The second-order valence-electron chi connectivity index (χ2n) is 4.79. The lowest BCUT2D eigenvalue weighted by Gasteiger charge is -2.26. The van der Waals surface area contributed by atoms with E-state index in [9.17, 15) is 4.79 Å². The van der Waals surface area contributed by atoms with Crippen molar-refractivity contribution < 1.29 is 4.79 Å². The van der Waals surface area contributed by atoms with Gasteiger partial charge in [0.2, 0.25) is 5.91 Å². The molecule has 3 nitrogen and oxygen atoms in total. The molecule has 0 aliphatic heterocycles. The Hall–Kier alpha value is -0.830. The molecule has 0 atom stereocenters. The Morgan fingerprint density at radius 1 is 1.50 bits per heavy atom. The summed E-state index contributed by atoms with van der Waals surface area (Å²) in [6, 6.07) is 0.803. The van der Waals surface area contributed by atoms with Gasteiger partial charge in [0.25, 0.3) is 0 Å². The average molecular weight is 224 g/mol. The van der Waals surface area contributed by atoms with E-state index in [0.29, 0.717) is 19.1 Å². The molecule has 1 N–H and O–H groups in total. The van der Waals surface area contributed by atoms with Gasteiger partial charge in [-0.2, -0.15) is 0 Å². The first-order valence-corrected chi connectivity index (χ1v) is 6.29. The number of amides is 1. The van der Waals surface area contributed by atoms with Crippen LogP contribution in [0.4, 0.5) is 0 Å². The summed E-state index contributed by atoms with van der Waals surface area (Å²) in [6.45, 7) is 8.88. The number of hydrogen-bond acceptors (Lipinski definition) is 2. The fraction of sp³-hybridized carbons (Fsp3) is 0.769. The SMILES string of the molecule is C=CCN(C(=O)CNC1CCCC1)C(C)C. The van der Waals surface area contributed by atoms with E-state index < -0.39 is 0 Å². The molecule has 0 saturated heterocycles. The standard InChI is InChI=1S/C13H24N2O/c1-4-9-15(11(2)3)13(16)10-14-12-7-5-6-8-12/h4,11-12,14H,1,5-10H2,2-3H3. The highest BCUT2D eigenvalue weighted by Crippen LogP contribution is 2.17. The predicted molar refractivity (Wildman–Crippen MR) is 67.3 cm³/mol. The number of carbonyl (C=O) groups is 1. The van der Waals surface area contributed by atoms with Crippen molar-refractivity contribution in [3.05, 3.63) is 12.7 Å². The van der Waals surface area contributed by atoms with Crippen LogP contribution in [0.2, 0.25) is 0 Å². The van der Waals surface area contributed by atoms with Gasteiger partial charge in [0, 0.05) is 18.6 Å². The number of rotatable bonds is 6. The molecule has 0 heterocycles. The van der Waals surface area contributed by atoms with E-state index in [1.165, 1.54) is 25.7 Å². The average Bonchev–Trinajstić information content (AvgIpc) is 2.75. The van der Waals surface area contributed by atoms with Gasteiger partial charge < -0.3 is 10.2 Å². The van der Waals surface area contributed by atoms with Crippen molar-refractivity contribution in [2.75, 3.05) is 13.1 Å². The lowest BCUT2D eigenvalue weighted by atomic mass is 10.2. The van der Waals surface area contributed by atoms with E-state index in [0.717, 1.165) is 0 Å². The van der Waals surface area contributed by atoms with Crippen molar-refractivity contribution in [2.45, 2.75) is 51.6 Å². The zero-order chi connectivity index (χ0) is 12.0. The summed E-state index contributed by atoms with van der Waals surface area (Å²) in [7, 11) is 0. The van der Waals surface area contributed by atoms with Crippen molar-refractivity contribution in [3.8, 4) is 0 Å². The van der Waals surface area contributed by atoms with E-state index in [2.05, 4.69) is 11.9 Å². The summed E-state index contributed by atoms with van der Waals surface area (Å²) >= 11 is 0. The smallest absolute Gasteiger partial charge is 0.237 e. The van der Waals surface area contributed by atoms with Gasteiger partial charge in [-0.25, -0.2) is 0 Å². The third kappa shape index (κ3) is 3.97. The molecule has 0 spiro atoms. The largest absolute Gasteiger partial charge is 0.335 e. The Labute approximate surface area is 98.9 Å². The predicted octanol–water partition coefficient (Wildman–Crippen LogP) is 1.94. The van der Waals surface area contributed by atoms with E-state index in [-0.39, 0.29) is 11.9 Å². The maximum atomic E-state index is 11.9. The molecule has 0 radical (unpaired) electrons. The van der Waals surface area contributed by atoms with Crippen molar-refractivity contribution in [1.29, 1.82) is 0 Å². The van der Waals surface area contributed by atoms with Crippen LogP contribution in [0, 0.1) is 0 Å². The molecular formula is C13H24N2O. The van der Waals surface area contributed by atoms with Crippen molar-refractivity contribution >= 4 is 5.91 Å². The highest BCUT2D eigenvalue weighted by atomic mass is 16.2. The second-order valence-corrected chi connectivity index (χ2v) is 4.79. The molecule has 1 amide bonds. The molecule has 0 unspecified atom stereocenters. The number of nitrogens with zero attached hydrogens (tertiary/aromatic N) is 1. The summed E-state index contributed by atoms with van der Waals surface area (Å²) in [5, 5.41) is 3.35. The first-order valence-electron chi connectivity index (χ1n) is 6.29. The van der Waals surface area contributed by atoms with Crippen LogP contribution in [0.5, 0.6) is 0 Å². The minimum atomic E-state index is 0.182. The van der Waals surface area contributed by atoms with Crippen LogP contribution >= 0.6 is 0 Å². The van der Waals surface area contributed by atoms with E-state index >= 15 is 0 Å². The molecule has 1 aliphatic carbocycles. The third-order valence-corrected chi connectivity index (χ3v) is 3.17. The fourth-order valence-corrected chi connectivity index (χ4v) is 2.20. The summed E-state index contributed by atoms with van der Waals surface area (Å²) in [5.41, 5.74) is 0. The number of hydrogen-bond donors (Lipinski definition) is 1. The maximum Gasteiger partial charge on any atom is 0.237 e. The van der Waals surface area contributed by atoms with Crippen LogP contribution in [0.15, 0.2) is 12.7 Å². The Morgan fingerprint density at radius 2 is 2.12 bits per heavy atom. The summed E-state index contributed by atoms with van der Waals surface area (Å²) in [4.78, 5) is 13.8. The number of carbonyl (C=O) groups excluding carboxylic acids is 1. The van der Waals surface area contributed by atoms with Crippen molar-refractivity contribution in [2.24, 2.45) is 0 Å². The molecule has 1 saturated carbocycles. The summed E-state index contributed by atoms with van der Waals surface area (Å²) in [5.74, 6) is 0.182. The van der Waals surface area contributed by atoms with E-state index in [4.69, 9.17) is 0 Å². The first kappa shape index (κ1) is 13.2. The molecule has 16 heavy (non-hydrogen) atoms. The molecule has 1 rings (SSSR count). The topological polar surface area (TPSA) is 32.3 Å². The molecule has 0 aromatic heterocycles. The van der Waals surface area contributed by atoms with Gasteiger partial charge in [-0.15, -0.1) is 6.58 Å². The first-order chi connectivity index (χ1) is 7.65. The third-order valence-electron chi connectivity index (χ3n) is 3.17. The summed E-state index contributed by atoms with van der Waals surface area (Å²) < 4.78 is 0. The molecule has 1 aliphatic rings. The lowest BCUT2D eigenvalue weighted by Crippen LogP contribution is -2.44. The Morgan fingerprint density at radius 3 is 2.62 bits per heavy atom. The van der Waals surface area contributed by atoms with Gasteiger partial charge in [-0.3, -0.25) is 4.79 Å². The zero-order valence-electron chi connectivity index (χ0n) is 10.5. The zero-order valence-corrected chi connectivity index (χ0v) is 10.5. The second kappa shape index (κ2) is 6.69. The Bertz CT molecular complexity index is 232. The normalized spacial score (nSPS) is 16.7. The van der Waals surface area contributed by atoms with Gasteiger partial charge in [0.1, 0.15) is 0 Å². The summed E-state index contributed by atoms with van der Waals surface area (Å²) in [6.07, 6.45) is 6.82. The lowest BCUT2D eigenvalue weighted by molar-refractivity contribution is -0.131. The van der Waals surface area contributed by atoms with Gasteiger partial charge in [-0.1, -0.05) is 18.9 Å². The highest BCUT2D eigenvalue weighted by Gasteiger charge is 2.19. The molecule has 92 valence electrons. The molecule has 1 fully saturated rings. The van der Waals surface area contributed by atoms with Crippen LogP contribution < -0.4 is 5.32 Å². The monoisotopic (exact) mass is 224 g/mol. The Balaban J connectivity index is 2.32. The van der Waals surface area contributed by atoms with Crippen LogP contribution in [0.3, 0.4) is 0 Å². The molecule has 3 heteroatoms. The van der Waals surface area contributed by atoms with E-state index in [1.54, 1.807) is 6.08 Å². The van der Waals surface area contributed by atoms with Crippen molar-refractivity contribution in [3.63, 3.8) is 0 Å². The minimum absolute atomic E-state index is 0.182. The maximum absolute atomic E-state index is 11.9. The van der Waals surface area contributed by atoms with Crippen LogP contribution in [0.25, 0.3) is 0 Å². The molecule has 0 aromatic rings. The fourth-order valence-electron chi connectivity index (χ4n) is 2.20. The van der Waals surface area contributed by atoms with Crippen LogP contribution in [-0.4, -0.2) is 36.0 Å². The minimum Gasteiger partial charge on any atom is -0.335 e. The number of nitrogens with one attached hydrogen (secondary N) is 1. The van der Waals surface area contributed by atoms with Gasteiger partial charge >= 0.3 is 0 Å². The van der Waals surface area contributed by atoms with Gasteiger partial charge in [0.15, 0.2) is 0 Å². The van der Waals surface area contributed by atoms with Crippen molar-refractivity contribution in [1.82, 2.24) is 10.2 Å². The van der Waals surface area contributed by atoms with Crippen LogP contribution in [-0.2, 0) is 4.79 Å². The van der Waals surface area contributed by atoms with Gasteiger partial charge in [0.05, 0.1) is 6.54 Å². The van der Waals surface area contributed by atoms with E-state index in [1.807, 2.05) is 18.7 Å². The molecular weight excluding hydrogens is 200 g/mol. The molecule has 0 bridgehead atoms. The highest BCUT2D eigenvalue weighted by molar-refractivity contribution is 5.78.